The van der Waals surface area contributed by atoms with Crippen LogP contribution in [0, 0.1) is 5.92 Å². The molecule has 2 heterocycles. The van der Waals surface area contributed by atoms with Crippen molar-refractivity contribution in [3.63, 3.8) is 0 Å². The van der Waals surface area contributed by atoms with Gasteiger partial charge in [-0.05, 0) is 26.7 Å². The molecular weight excluding hydrogens is 304 g/mol. The van der Waals surface area contributed by atoms with Gasteiger partial charge in [-0.25, -0.2) is 4.98 Å². The number of hydrogen-bond donors (Lipinski definition) is 0. The van der Waals surface area contributed by atoms with E-state index in [0.29, 0.717) is 19.0 Å². The van der Waals surface area contributed by atoms with Crippen molar-refractivity contribution in [2.75, 3.05) is 13.6 Å². The molecule has 2 fully saturated rings. The Morgan fingerprint density at radius 2 is 2.00 bits per heavy atom. The van der Waals surface area contributed by atoms with E-state index in [4.69, 9.17) is 0 Å². The topological polar surface area (TPSA) is 58.4 Å². The minimum absolute atomic E-state index is 0.0614. The van der Waals surface area contributed by atoms with E-state index in [1.807, 2.05) is 34.5 Å². The van der Waals surface area contributed by atoms with Gasteiger partial charge < -0.3 is 14.4 Å². The zero-order valence-electron chi connectivity index (χ0n) is 14.9. The number of imidazole rings is 1. The maximum Gasteiger partial charge on any atom is 0.228 e. The lowest BCUT2D eigenvalue weighted by Gasteiger charge is -2.31. The van der Waals surface area contributed by atoms with Crippen LogP contribution < -0.4 is 0 Å². The Hall–Kier alpha value is -1.85. The molecule has 0 aromatic carbocycles. The number of aromatic nitrogens is 2. The van der Waals surface area contributed by atoms with Crippen LogP contribution in [0.2, 0.25) is 0 Å². The Balaban J connectivity index is 1.89. The fourth-order valence-corrected chi connectivity index (χ4v) is 4.29. The zero-order chi connectivity index (χ0) is 17.3. The van der Waals surface area contributed by atoms with Crippen LogP contribution in [0.15, 0.2) is 12.4 Å². The first-order valence-electron chi connectivity index (χ1n) is 9.15. The summed E-state index contributed by atoms with van der Waals surface area (Å²) in [4.78, 5) is 33.8. The number of hydrogen-bond acceptors (Lipinski definition) is 3. The first kappa shape index (κ1) is 17.0. The van der Waals surface area contributed by atoms with Crippen molar-refractivity contribution < 1.29 is 9.59 Å². The molecule has 1 aromatic heterocycles. The van der Waals surface area contributed by atoms with Crippen molar-refractivity contribution in [3.8, 4) is 0 Å². The van der Waals surface area contributed by atoms with E-state index in [0.717, 1.165) is 25.2 Å². The lowest BCUT2D eigenvalue weighted by Crippen LogP contribution is -2.42. The molecule has 2 atom stereocenters. The molecule has 2 aliphatic rings. The van der Waals surface area contributed by atoms with E-state index in [2.05, 4.69) is 11.9 Å². The van der Waals surface area contributed by atoms with Crippen LogP contribution >= 0.6 is 0 Å². The molecule has 132 valence electrons. The Bertz CT molecular complexity index is 606. The van der Waals surface area contributed by atoms with E-state index in [-0.39, 0.29) is 23.8 Å². The zero-order valence-corrected chi connectivity index (χ0v) is 14.9. The average Bonchev–Trinajstić information content (AvgIpc) is 3.31. The smallest absolute Gasteiger partial charge is 0.228 e. The lowest BCUT2D eigenvalue weighted by atomic mass is 9.96. The number of likely N-dealkylation sites (tertiary alicyclic amines) is 1. The van der Waals surface area contributed by atoms with Crippen LogP contribution in [0.3, 0.4) is 0 Å². The molecule has 2 amide bonds. The lowest BCUT2D eigenvalue weighted by molar-refractivity contribution is -0.137. The molecule has 3 rings (SSSR count). The third-order valence-corrected chi connectivity index (χ3v) is 5.66. The van der Waals surface area contributed by atoms with Crippen molar-refractivity contribution >= 4 is 11.8 Å². The Labute approximate surface area is 143 Å². The Morgan fingerprint density at radius 1 is 1.29 bits per heavy atom. The summed E-state index contributed by atoms with van der Waals surface area (Å²) >= 11 is 0. The van der Waals surface area contributed by atoms with E-state index in [1.165, 1.54) is 12.8 Å². The molecule has 0 unspecified atom stereocenters. The van der Waals surface area contributed by atoms with E-state index < -0.39 is 0 Å². The number of amides is 2. The summed E-state index contributed by atoms with van der Waals surface area (Å²) in [6.07, 6.45) is 8.52. The molecule has 6 heteroatoms. The highest BCUT2D eigenvalue weighted by atomic mass is 16.2. The van der Waals surface area contributed by atoms with Crippen molar-refractivity contribution in [1.82, 2.24) is 19.4 Å². The van der Waals surface area contributed by atoms with Gasteiger partial charge in [-0.3, -0.25) is 9.59 Å². The van der Waals surface area contributed by atoms with Crippen LogP contribution in [-0.4, -0.2) is 50.8 Å². The maximum absolute atomic E-state index is 13.2. The predicted molar refractivity (Wildman–Crippen MR) is 91.2 cm³/mol. The van der Waals surface area contributed by atoms with Gasteiger partial charge >= 0.3 is 0 Å². The van der Waals surface area contributed by atoms with E-state index >= 15 is 0 Å². The highest BCUT2D eigenvalue weighted by Gasteiger charge is 2.47. The maximum atomic E-state index is 13.2. The number of carbonyl (C=O) groups excluding carboxylic acids is 2. The molecular formula is C18H28N4O2. The molecule has 1 aliphatic carbocycles. The minimum atomic E-state index is -0.323. The van der Waals surface area contributed by atoms with E-state index in [1.54, 1.807) is 6.20 Å². The number of carbonyl (C=O) groups is 2. The molecule has 0 spiro atoms. The second-order valence-electron chi connectivity index (χ2n) is 6.89. The van der Waals surface area contributed by atoms with Gasteiger partial charge in [0.15, 0.2) is 0 Å². The summed E-state index contributed by atoms with van der Waals surface area (Å²) in [7, 11) is 1.90. The van der Waals surface area contributed by atoms with Crippen molar-refractivity contribution in [2.24, 2.45) is 5.92 Å². The van der Waals surface area contributed by atoms with Gasteiger partial charge in [0.1, 0.15) is 11.9 Å². The quantitative estimate of drug-likeness (QED) is 0.831. The fraction of sp³-hybridized carbons (Fsp3) is 0.722. The van der Waals surface area contributed by atoms with Crippen LogP contribution in [0.5, 0.6) is 0 Å². The highest BCUT2D eigenvalue weighted by Crippen LogP contribution is 2.39. The highest BCUT2D eigenvalue weighted by molar-refractivity contribution is 5.90. The summed E-state index contributed by atoms with van der Waals surface area (Å²) < 4.78 is 2.04. The largest absolute Gasteiger partial charge is 0.342 e. The monoisotopic (exact) mass is 332 g/mol. The number of nitrogens with zero attached hydrogens (tertiary/aromatic N) is 4. The summed E-state index contributed by atoms with van der Waals surface area (Å²) in [5.41, 5.74) is 0. The van der Waals surface area contributed by atoms with Gasteiger partial charge in [-0.15, -0.1) is 0 Å². The van der Waals surface area contributed by atoms with Crippen LogP contribution in [0.25, 0.3) is 0 Å². The summed E-state index contributed by atoms with van der Waals surface area (Å²) in [5.74, 6) is 0.673. The Morgan fingerprint density at radius 3 is 2.62 bits per heavy atom. The molecule has 24 heavy (non-hydrogen) atoms. The molecule has 1 aromatic rings. The summed E-state index contributed by atoms with van der Waals surface area (Å²) in [6.45, 7) is 5.42. The normalized spacial score (nSPS) is 24.8. The van der Waals surface area contributed by atoms with Crippen molar-refractivity contribution in [1.29, 1.82) is 0 Å². The van der Waals surface area contributed by atoms with E-state index in [9.17, 15) is 9.59 Å². The standard InChI is InChI=1S/C18H28N4O2/c1-4-21-11-10-19-17(21)16-14(12-15(23)22(16)5-2)18(24)20(3)13-8-6-7-9-13/h10-11,13-14,16H,4-9,12H2,1-3H3/t14-,16-/m0/s1. The molecule has 1 aliphatic heterocycles. The van der Waals surface area contributed by atoms with Gasteiger partial charge in [0, 0.05) is 45.0 Å². The van der Waals surface area contributed by atoms with Crippen LogP contribution in [-0.2, 0) is 16.1 Å². The molecule has 0 radical (unpaired) electrons. The van der Waals surface area contributed by atoms with Crippen LogP contribution in [0.4, 0.5) is 0 Å². The number of rotatable bonds is 5. The molecule has 0 N–H and O–H groups in total. The second-order valence-corrected chi connectivity index (χ2v) is 6.89. The van der Waals surface area contributed by atoms with Crippen molar-refractivity contribution in [3.05, 3.63) is 18.2 Å². The van der Waals surface area contributed by atoms with Gasteiger partial charge in [0.25, 0.3) is 0 Å². The fourth-order valence-electron chi connectivity index (χ4n) is 4.29. The predicted octanol–water partition coefficient (Wildman–Crippen LogP) is 2.21. The summed E-state index contributed by atoms with van der Waals surface area (Å²) in [6, 6.07) is 0.0867. The van der Waals surface area contributed by atoms with Crippen LogP contribution in [0.1, 0.15) is 57.8 Å². The molecule has 1 saturated heterocycles. The van der Waals surface area contributed by atoms with Gasteiger partial charge in [-0.1, -0.05) is 12.8 Å². The third kappa shape index (κ3) is 2.82. The number of aryl methyl sites for hydroxylation is 1. The Kier molecular flexibility index (Phi) is 4.92. The SMILES string of the molecule is CCN1C(=O)C[C@H](C(=O)N(C)C2CCCC2)[C@H]1c1nccn1CC. The van der Waals surface area contributed by atoms with Gasteiger partial charge in [0.2, 0.25) is 11.8 Å². The third-order valence-electron chi connectivity index (χ3n) is 5.66. The molecule has 1 saturated carbocycles. The van der Waals surface area contributed by atoms with Crippen molar-refractivity contribution in [2.45, 2.75) is 64.6 Å². The van der Waals surface area contributed by atoms with Gasteiger partial charge in [0.05, 0.1) is 5.92 Å². The second kappa shape index (κ2) is 6.95. The molecule has 0 bridgehead atoms. The minimum Gasteiger partial charge on any atom is -0.342 e. The first-order valence-corrected chi connectivity index (χ1v) is 9.15. The van der Waals surface area contributed by atoms with Gasteiger partial charge in [-0.2, -0.15) is 0 Å². The summed E-state index contributed by atoms with van der Waals surface area (Å²) in [5, 5.41) is 0. The first-order chi connectivity index (χ1) is 11.6. The average molecular weight is 332 g/mol. The molecule has 6 nitrogen and oxygen atoms in total.